The van der Waals surface area contributed by atoms with Crippen LogP contribution in [0, 0.1) is 10.1 Å². The van der Waals surface area contributed by atoms with Gasteiger partial charge in [-0.05, 0) is 22.0 Å². The van der Waals surface area contributed by atoms with Crippen molar-refractivity contribution in [3.8, 4) is 0 Å². The van der Waals surface area contributed by atoms with Crippen molar-refractivity contribution in [3.05, 3.63) is 32.3 Å². The SMILES string of the molecule is NS(=O)(=O)C1CC(=O)N(c2c(Br)cc(C(=O)O)cc2[N+](=O)[O-])C1. The first kappa shape index (κ1) is 17.3. The molecule has 0 spiro atoms. The number of sulfonamides is 1. The van der Waals surface area contributed by atoms with Crippen LogP contribution in [0.3, 0.4) is 0 Å². The van der Waals surface area contributed by atoms with Gasteiger partial charge >= 0.3 is 5.97 Å². The van der Waals surface area contributed by atoms with Gasteiger partial charge in [-0.15, -0.1) is 0 Å². The lowest BCUT2D eigenvalue weighted by molar-refractivity contribution is -0.384. The molecule has 0 aliphatic carbocycles. The molecule has 0 saturated carbocycles. The Hall–Kier alpha value is -2.05. The predicted molar refractivity (Wildman–Crippen MR) is 81.6 cm³/mol. The van der Waals surface area contributed by atoms with Crippen molar-refractivity contribution in [1.29, 1.82) is 0 Å². The summed E-state index contributed by atoms with van der Waals surface area (Å²) in [6.45, 7) is -0.344. The first-order valence-electron chi connectivity index (χ1n) is 6.05. The van der Waals surface area contributed by atoms with Crippen molar-refractivity contribution >= 4 is 49.2 Å². The maximum atomic E-state index is 12.0. The molecule has 0 aromatic heterocycles. The summed E-state index contributed by atoms with van der Waals surface area (Å²) < 4.78 is 22.8. The number of anilines is 1. The Morgan fingerprint density at radius 3 is 2.52 bits per heavy atom. The third-order valence-electron chi connectivity index (χ3n) is 3.31. The van der Waals surface area contributed by atoms with Gasteiger partial charge in [0.05, 0.1) is 10.5 Å². The molecule has 1 saturated heterocycles. The maximum Gasteiger partial charge on any atom is 0.335 e. The molecule has 1 fully saturated rings. The van der Waals surface area contributed by atoms with E-state index in [-0.39, 0.29) is 22.3 Å². The summed E-state index contributed by atoms with van der Waals surface area (Å²) in [5.41, 5.74) is -1.17. The second-order valence-electron chi connectivity index (χ2n) is 4.81. The van der Waals surface area contributed by atoms with Crippen molar-refractivity contribution in [2.75, 3.05) is 11.4 Å². The van der Waals surface area contributed by atoms with E-state index in [0.717, 1.165) is 17.0 Å². The van der Waals surface area contributed by atoms with E-state index in [2.05, 4.69) is 15.9 Å². The van der Waals surface area contributed by atoms with Crippen LogP contribution in [0.2, 0.25) is 0 Å². The molecule has 1 aromatic rings. The molecule has 1 unspecified atom stereocenters. The number of aromatic carboxylic acids is 1. The molecular weight excluding hydrogens is 398 g/mol. The lowest BCUT2D eigenvalue weighted by Gasteiger charge is -2.18. The van der Waals surface area contributed by atoms with Crippen LogP contribution in [0.5, 0.6) is 0 Å². The van der Waals surface area contributed by atoms with Gasteiger partial charge in [0, 0.05) is 23.5 Å². The van der Waals surface area contributed by atoms with Crippen LogP contribution in [-0.2, 0) is 14.8 Å². The van der Waals surface area contributed by atoms with Crippen molar-refractivity contribution in [3.63, 3.8) is 0 Å². The molecule has 2 rings (SSSR count). The number of nitrogens with zero attached hydrogens (tertiary/aromatic N) is 2. The Labute approximate surface area is 138 Å². The number of hydrogen-bond donors (Lipinski definition) is 2. The zero-order chi connectivity index (χ0) is 17.5. The van der Waals surface area contributed by atoms with Crippen LogP contribution < -0.4 is 10.0 Å². The molecule has 23 heavy (non-hydrogen) atoms. The minimum absolute atomic E-state index is 0.00693. The van der Waals surface area contributed by atoms with E-state index in [0.29, 0.717) is 0 Å². The summed E-state index contributed by atoms with van der Waals surface area (Å²) in [4.78, 5) is 34.3. The number of carboxylic acid groups (broad SMARTS) is 1. The zero-order valence-electron chi connectivity index (χ0n) is 11.3. The Morgan fingerprint density at radius 2 is 2.09 bits per heavy atom. The van der Waals surface area contributed by atoms with Gasteiger partial charge in [0.1, 0.15) is 10.9 Å². The third-order valence-corrected chi connectivity index (χ3v) is 5.16. The highest BCUT2D eigenvalue weighted by molar-refractivity contribution is 9.10. The summed E-state index contributed by atoms with van der Waals surface area (Å²) in [6, 6.07) is 1.90. The van der Waals surface area contributed by atoms with Crippen LogP contribution >= 0.6 is 15.9 Å². The number of carboxylic acids is 1. The Balaban J connectivity index is 2.57. The van der Waals surface area contributed by atoms with Crippen LogP contribution in [-0.4, -0.2) is 42.1 Å². The molecule has 1 aromatic carbocycles. The van der Waals surface area contributed by atoms with Crippen molar-refractivity contribution in [2.24, 2.45) is 5.14 Å². The fourth-order valence-corrected chi connectivity index (χ4v) is 3.62. The van der Waals surface area contributed by atoms with E-state index in [1.54, 1.807) is 0 Å². The van der Waals surface area contributed by atoms with Gasteiger partial charge in [-0.3, -0.25) is 14.9 Å². The van der Waals surface area contributed by atoms with Gasteiger partial charge in [0.25, 0.3) is 5.69 Å². The maximum absolute atomic E-state index is 12.0. The number of amides is 1. The van der Waals surface area contributed by atoms with Crippen molar-refractivity contribution < 1.29 is 28.0 Å². The molecule has 1 heterocycles. The number of halogens is 1. The first-order valence-corrected chi connectivity index (χ1v) is 8.45. The van der Waals surface area contributed by atoms with Gasteiger partial charge < -0.3 is 10.0 Å². The monoisotopic (exact) mass is 407 g/mol. The molecule has 1 atom stereocenters. The average Bonchev–Trinajstić information content (AvgIpc) is 2.79. The zero-order valence-corrected chi connectivity index (χ0v) is 13.7. The Kier molecular flexibility index (Phi) is 4.41. The van der Waals surface area contributed by atoms with E-state index in [1.807, 2.05) is 0 Å². The van der Waals surface area contributed by atoms with Crippen molar-refractivity contribution in [2.45, 2.75) is 11.7 Å². The number of rotatable bonds is 4. The smallest absolute Gasteiger partial charge is 0.335 e. The van der Waals surface area contributed by atoms with E-state index < -0.39 is 44.2 Å². The number of nitro benzene ring substituents is 1. The molecule has 124 valence electrons. The lowest BCUT2D eigenvalue weighted by atomic mass is 10.1. The van der Waals surface area contributed by atoms with Gasteiger partial charge in [0.15, 0.2) is 0 Å². The number of primary sulfonamides is 1. The molecule has 1 aliphatic rings. The Morgan fingerprint density at radius 1 is 1.48 bits per heavy atom. The third kappa shape index (κ3) is 3.33. The summed E-state index contributed by atoms with van der Waals surface area (Å²) in [7, 11) is -3.99. The molecule has 12 heteroatoms. The number of carbonyl (C=O) groups is 2. The second-order valence-corrected chi connectivity index (χ2v) is 7.51. The number of nitrogens with two attached hydrogens (primary N) is 1. The minimum atomic E-state index is -3.99. The van der Waals surface area contributed by atoms with Crippen LogP contribution in [0.15, 0.2) is 16.6 Å². The number of benzene rings is 1. The molecule has 10 nitrogen and oxygen atoms in total. The van der Waals surface area contributed by atoms with E-state index in [1.165, 1.54) is 0 Å². The predicted octanol–water partition coefficient (Wildman–Crippen LogP) is 0.449. The number of nitro groups is 1. The summed E-state index contributed by atoms with van der Waals surface area (Å²) >= 11 is 3.00. The molecule has 1 amide bonds. The first-order chi connectivity index (χ1) is 10.5. The molecule has 3 N–H and O–H groups in total. The molecule has 1 aliphatic heterocycles. The van der Waals surface area contributed by atoms with Gasteiger partial charge in [-0.2, -0.15) is 0 Å². The van der Waals surface area contributed by atoms with Crippen molar-refractivity contribution in [1.82, 2.24) is 0 Å². The largest absolute Gasteiger partial charge is 0.478 e. The summed E-state index contributed by atoms with van der Waals surface area (Å²) in [6.07, 6.45) is -0.400. The molecular formula is C11H10BrN3O7S. The summed E-state index contributed by atoms with van der Waals surface area (Å²) in [5.74, 6) is -2.04. The lowest BCUT2D eigenvalue weighted by Crippen LogP contribution is -2.32. The summed E-state index contributed by atoms with van der Waals surface area (Å²) in [5, 5.41) is 24.0. The normalized spacial score (nSPS) is 18.3. The van der Waals surface area contributed by atoms with E-state index >= 15 is 0 Å². The van der Waals surface area contributed by atoms with Gasteiger partial charge in [0.2, 0.25) is 15.9 Å². The highest BCUT2D eigenvalue weighted by atomic mass is 79.9. The standard InChI is InChI=1S/C11H10BrN3O7S/c12-7-1-5(11(17)18)2-8(15(19)20)10(7)14-4-6(3-9(14)16)23(13,21)22/h1-2,6H,3-4H2,(H,17,18)(H2,13,21,22). The van der Waals surface area contributed by atoms with Crippen LogP contribution in [0.25, 0.3) is 0 Å². The van der Waals surface area contributed by atoms with E-state index in [4.69, 9.17) is 10.2 Å². The quantitative estimate of drug-likeness (QED) is 0.540. The molecule has 0 radical (unpaired) electrons. The van der Waals surface area contributed by atoms with Crippen LogP contribution in [0.4, 0.5) is 11.4 Å². The van der Waals surface area contributed by atoms with Gasteiger partial charge in [-0.1, -0.05) is 0 Å². The topological polar surface area (TPSA) is 161 Å². The Bertz CT molecular complexity index is 823. The fourth-order valence-electron chi connectivity index (χ4n) is 2.23. The highest BCUT2D eigenvalue weighted by Crippen LogP contribution is 2.39. The minimum Gasteiger partial charge on any atom is -0.478 e. The number of carbonyl (C=O) groups excluding carboxylic acids is 1. The molecule has 0 bridgehead atoms. The number of hydrogen-bond acceptors (Lipinski definition) is 6. The van der Waals surface area contributed by atoms with E-state index in [9.17, 15) is 28.1 Å². The fraction of sp³-hybridized carbons (Fsp3) is 0.273. The average molecular weight is 408 g/mol. The van der Waals surface area contributed by atoms with Crippen LogP contribution in [0.1, 0.15) is 16.8 Å². The van der Waals surface area contributed by atoms with Gasteiger partial charge in [-0.25, -0.2) is 18.4 Å². The second kappa shape index (κ2) is 5.86. The highest BCUT2D eigenvalue weighted by Gasteiger charge is 2.40.